The van der Waals surface area contributed by atoms with Crippen molar-refractivity contribution in [2.45, 2.75) is 16.5 Å². The first-order valence-electron chi connectivity index (χ1n) is 9.09. The molecule has 0 bridgehead atoms. The molecular weight excluding hydrogens is 446 g/mol. The lowest BCUT2D eigenvalue weighted by molar-refractivity contribution is 0.567. The minimum atomic E-state index is -4.18. The highest BCUT2D eigenvalue weighted by Crippen LogP contribution is 2.33. The van der Waals surface area contributed by atoms with Gasteiger partial charge in [-0.2, -0.15) is 4.98 Å². The van der Waals surface area contributed by atoms with Crippen molar-refractivity contribution in [2.24, 2.45) is 0 Å². The van der Waals surface area contributed by atoms with Crippen molar-refractivity contribution < 1.29 is 21.6 Å². The van der Waals surface area contributed by atoms with Crippen LogP contribution in [0, 0.1) is 11.6 Å². The van der Waals surface area contributed by atoms with Crippen molar-refractivity contribution in [1.29, 1.82) is 0 Å². The van der Waals surface area contributed by atoms with Gasteiger partial charge in [-0.1, -0.05) is 35.9 Å². The molecule has 0 aliphatic heterocycles. The second kappa shape index (κ2) is 8.49. The fraction of sp³-hybridized carbons (Fsp3) is 0.0455. The Morgan fingerprint density at radius 3 is 2.29 bits per heavy atom. The Balaban J connectivity index is 1.77. The second-order valence-electron chi connectivity index (χ2n) is 6.57. The first-order chi connectivity index (χ1) is 14.8. The molecule has 31 heavy (non-hydrogen) atoms. The molecule has 0 aliphatic rings. The average Bonchev–Trinajstić information content (AvgIpc) is 3.19. The van der Waals surface area contributed by atoms with Crippen molar-refractivity contribution in [3.8, 4) is 11.5 Å². The number of nitrogens with zero attached hydrogens (tertiary/aromatic N) is 1. The van der Waals surface area contributed by atoms with Gasteiger partial charge < -0.3 is 9.73 Å². The van der Waals surface area contributed by atoms with Gasteiger partial charge in [0.2, 0.25) is 26.6 Å². The van der Waals surface area contributed by atoms with Crippen LogP contribution in [-0.2, 0) is 16.4 Å². The molecule has 0 amide bonds. The van der Waals surface area contributed by atoms with E-state index in [0.717, 1.165) is 29.8 Å². The molecule has 0 atom stereocenters. The topological polar surface area (TPSA) is 72.2 Å². The largest absolute Gasteiger partial charge is 0.419 e. The molecule has 1 aromatic heterocycles. The summed E-state index contributed by atoms with van der Waals surface area (Å²) >= 11 is 5.89. The monoisotopic (exact) mass is 460 g/mol. The van der Waals surface area contributed by atoms with Gasteiger partial charge in [-0.05, 0) is 54.1 Å². The Labute approximate surface area is 182 Å². The summed E-state index contributed by atoms with van der Waals surface area (Å²) in [4.78, 5) is 3.90. The number of halogens is 3. The van der Waals surface area contributed by atoms with Crippen molar-refractivity contribution >= 4 is 27.3 Å². The third-order valence-corrected chi connectivity index (χ3v) is 6.38. The highest BCUT2D eigenvalue weighted by atomic mass is 35.5. The van der Waals surface area contributed by atoms with Crippen LogP contribution in [-0.4, -0.2) is 13.4 Å². The molecule has 158 valence electrons. The molecule has 0 aliphatic carbocycles. The van der Waals surface area contributed by atoms with Crippen LogP contribution >= 0.6 is 11.6 Å². The summed E-state index contributed by atoms with van der Waals surface area (Å²) in [5.74, 6) is -1.54. The highest BCUT2D eigenvalue weighted by Gasteiger charge is 2.29. The van der Waals surface area contributed by atoms with Gasteiger partial charge in [0.1, 0.15) is 11.6 Å². The van der Waals surface area contributed by atoms with E-state index >= 15 is 0 Å². The zero-order valence-electron chi connectivity index (χ0n) is 15.8. The number of hydrogen-bond acceptors (Lipinski definition) is 5. The summed E-state index contributed by atoms with van der Waals surface area (Å²) in [6, 6.07) is 17.0. The van der Waals surface area contributed by atoms with Crippen LogP contribution in [0.3, 0.4) is 0 Å². The van der Waals surface area contributed by atoms with E-state index in [9.17, 15) is 17.2 Å². The summed E-state index contributed by atoms with van der Waals surface area (Å²) in [5.41, 5.74) is 0.816. The smallest absolute Gasteiger partial charge is 0.234 e. The van der Waals surface area contributed by atoms with Gasteiger partial charge in [0.15, 0.2) is 0 Å². The van der Waals surface area contributed by atoms with E-state index in [1.807, 2.05) is 0 Å². The van der Waals surface area contributed by atoms with Crippen molar-refractivity contribution in [3.05, 3.63) is 95.0 Å². The van der Waals surface area contributed by atoms with Crippen LogP contribution in [0.15, 0.2) is 87.1 Å². The molecule has 0 radical (unpaired) electrons. The van der Waals surface area contributed by atoms with Gasteiger partial charge in [-0.15, -0.1) is 0 Å². The summed E-state index contributed by atoms with van der Waals surface area (Å²) in [7, 11) is -4.18. The van der Waals surface area contributed by atoms with E-state index in [-0.39, 0.29) is 28.8 Å². The maximum atomic E-state index is 14.2. The van der Waals surface area contributed by atoms with E-state index in [1.165, 1.54) is 18.2 Å². The normalized spacial score (nSPS) is 11.5. The molecule has 0 spiro atoms. The van der Waals surface area contributed by atoms with Gasteiger partial charge in [-0.25, -0.2) is 17.2 Å². The Bertz CT molecular complexity index is 1320. The molecule has 0 saturated carbocycles. The molecule has 0 fully saturated rings. The van der Waals surface area contributed by atoms with Crippen molar-refractivity contribution in [3.63, 3.8) is 0 Å². The fourth-order valence-corrected chi connectivity index (χ4v) is 4.26. The molecule has 3 aromatic carbocycles. The SMILES string of the molecule is O=S(=O)(c1ccc(F)cc1)c1nc(-c2ccccc2F)oc1NCc1ccc(Cl)cc1. The average molecular weight is 461 g/mol. The molecule has 1 N–H and O–H groups in total. The van der Waals surface area contributed by atoms with Gasteiger partial charge in [0.25, 0.3) is 0 Å². The van der Waals surface area contributed by atoms with E-state index < -0.39 is 26.5 Å². The van der Waals surface area contributed by atoms with Crippen LogP contribution in [0.25, 0.3) is 11.5 Å². The first-order valence-corrected chi connectivity index (χ1v) is 11.0. The maximum Gasteiger partial charge on any atom is 0.234 e. The second-order valence-corrected chi connectivity index (χ2v) is 8.87. The van der Waals surface area contributed by atoms with Gasteiger partial charge in [0, 0.05) is 11.6 Å². The third kappa shape index (κ3) is 4.45. The van der Waals surface area contributed by atoms with E-state index in [1.54, 1.807) is 30.3 Å². The van der Waals surface area contributed by atoms with E-state index in [2.05, 4.69) is 10.3 Å². The number of benzene rings is 3. The number of oxazole rings is 1. The number of anilines is 1. The molecule has 9 heteroatoms. The number of hydrogen-bond donors (Lipinski definition) is 1. The van der Waals surface area contributed by atoms with Crippen molar-refractivity contribution in [1.82, 2.24) is 4.98 Å². The minimum Gasteiger partial charge on any atom is -0.419 e. The van der Waals surface area contributed by atoms with Crippen LogP contribution in [0.5, 0.6) is 0 Å². The summed E-state index contributed by atoms with van der Waals surface area (Å²) in [5, 5.41) is 3.03. The highest BCUT2D eigenvalue weighted by molar-refractivity contribution is 7.91. The van der Waals surface area contributed by atoms with Gasteiger partial charge in [0.05, 0.1) is 10.5 Å². The zero-order chi connectivity index (χ0) is 22.0. The van der Waals surface area contributed by atoms with E-state index in [0.29, 0.717) is 5.02 Å². The summed E-state index contributed by atoms with van der Waals surface area (Å²) in [6.07, 6.45) is 0. The zero-order valence-corrected chi connectivity index (χ0v) is 17.4. The van der Waals surface area contributed by atoms with Gasteiger partial charge >= 0.3 is 0 Å². The lowest BCUT2D eigenvalue weighted by Gasteiger charge is -2.06. The quantitative estimate of drug-likeness (QED) is 0.373. The predicted molar refractivity (Wildman–Crippen MR) is 113 cm³/mol. The number of sulfone groups is 1. The Kier molecular flexibility index (Phi) is 5.75. The van der Waals surface area contributed by atoms with Crippen molar-refractivity contribution in [2.75, 3.05) is 5.32 Å². The van der Waals surface area contributed by atoms with Gasteiger partial charge in [-0.3, -0.25) is 0 Å². The number of rotatable bonds is 6. The maximum absolute atomic E-state index is 14.2. The molecule has 4 aromatic rings. The Morgan fingerprint density at radius 1 is 0.935 bits per heavy atom. The van der Waals surface area contributed by atoms with Crippen LogP contribution < -0.4 is 5.32 Å². The van der Waals surface area contributed by atoms with E-state index in [4.69, 9.17) is 16.0 Å². The van der Waals surface area contributed by atoms with Crippen LogP contribution in [0.2, 0.25) is 5.02 Å². The first kappa shape index (κ1) is 21.0. The molecule has 0 unspecified atom stereocenters. The number of aromatic nitrogens is 1. The standard InChI is InChI=1S/C22H15ClF2N2O3S/c23-15-7-5-14(6-8-15)13-26-21-22(31(28,29)17-11-9-16(24)10-12-17)27-20(30-21)18-3-1-2-4-19(18)25/h1-12,26H,13H2. The lowest BCUT2D eigenvalue weighted by atomic mass is 10.2. The molecular formula is C22H15ClF2N2O3S. The Morgan fingerprint density at radius 2 is 1.61 bits per heavy atom. The predicted octanol–water partition coefficient (Wildman–Crippen LogP) is 5.72. The molecule has 4 rings (SSSR count). The minimum absolute atomic E-state index is 0.0117. The summed E-state index contributed by atoms with van der Waals surface area (Å²) < 4.78 is 59.4. The Hall–Kier alpha value is -3.23. The third-order valence-electron chi connectivity index (χ3n) is 4.45. The summed E-state index contributed by atoms with van der Waals surface area (Å²) in [6.45, 7) is 0.203. The van der Waals surface area contributed by atoms with Crippen LogP contribution in [0.4, 0.5) is 14.7 Å². The molecule has 0 saturated heterocycles. The molecule has 5 nitrogen and oxygen atoms in total. The lowest BCUT2D eigenvalue weighted by Crippen LogP contribution is -2.07. The fourth-order valence-electron chi connectivity index (χ4n) is 2.86. The van der Waals surface area contributed by atoms with Crippen LogP contribution in [0.1, 0.15) is 5.56 Å². The number of nitrogens with one attached hydrogen (secondary N) is 1. The molecule has 1 heterocycles.